The molecule has 0 spiro atoms. The average Bonchev–Trinajstić information content (AvgIpc) is 2.06. The molecule has 1 aliphatic carbocycles. The second-order valence-electron chi connectivity index (χ2n) is 3.72. The van der Waals surface area contributed by atoms with Crippen molar-refractivity contribution in [3.05, 3.63) is 28.2 Å². The lowest BCUT2D eigenvalue weighted by atomic mass is 9.95. The van der Waals surface area contributed by atoms with Gasteiger partial charge in [0.05, 0.1) is 0 Å². The number of hydrogen-bond donors (Lipinski definition) is 0. The van der Waals surface area contributed by atoms with E-state index in [0.717, 1.165) is 28.6 Å². The Hall–Kier alpha value is -0.210. The molecule has 1 aromatic rings. The van der Waals surface area contributed by atoms with Gasteiger partial charge in [0, 0.05) is 22.7 Å². The molecule has 0 aliphatic heterocycles. The molecule has 1 saturated carbocycles. The van der Waals surface area contributed by atoms with E-state index in [1.165, 1.54) is 0 Å². The Morgan fingerprint density at radius 3 is 2.71 bits per heavy atom. The Kier molecular flexibility index (Phi) is 3.03. The first-order valence-corrected chi connectivity index (χ1v) is 5.95. The summed E-state index contributed by atoms with van der Waals surface area (Å²) in [6.45, 7) is 2.05. The smallest absolute Gasteiger partial charge is 0.122 e. The lowest BCUT2D eigenvalue weighted by Gasteiger charge is -2.31. The summed E-state index contributed by atoms with van der Waals surface area (Å²) in [6.07, 6.45) is 2.26. The van der Waals surface area contributed by atoms with Gasteiger partial charge in [-0.1, -0.05) is 15.9 Å². The van der Waals surface area contributed by atoms with E-state index in [0.29, 0.717) is 11.5 Å². The van der Waals surface area contributed by atoms with Gasteiger partial charge in [0.15, 0.2) is 0 Å². The summed E-state index contributed by atoms with van der Waals surface area (Å²) in [5, 5.41) is 0.316. The van der Waals surface area contributed by atoms with Crippen LogP contribution in [0.25, 0.3) is 0 Å². The minimum absolute atomic E-state index is 0.316. The molecule has 0 saturated heterocycles. The minimum atomic E-state index is 0.316. The van der Waals surface area contributed by atoms with Crippen molar-refractivity contribution in [3.63, 3.8) is 0 Å². The van der Waals surface area contributed by atoms with E-state index < -0.39 is 0 Å². The fraction of sp³-hybridized carbons (Fsp3) is 0.455. The fourth-order valence-corrected chi connectivity index (χ4v) is 2.40. The molecule has 3 heteroatoms. The number of hydrogen-bond acceptors (Lipinski definition) is 1. The molecule has 0 bridgehead atoms. The molecule has 0 atom stereocenters. The van der Waals surface area contributed by atoms with Gasteiger partial charge >= 0.3 is 0 Å². The average molecular weight is 276 g/mol. The van der Waals surface area contributed by atoms with Gasteiger partial charge in [-0.05, 0) is 30.7 Å². The van der Waals surface area contributed by atoms with Crippen LogP contribution in [0.5, 0.6) is 5.75 Å². The van der Waals surface area contributed by atoms with Gasteiger partial charge in [-0.2, -0.15) is 0 Å². The van der Waals surface area contributed by atoms with Crippen LogP contribution in [0.1, 0.15) is 18.4 Å². The highest BCUT2D eigenvalue weighted by Crippen LogP contribution is 2.31. The van der Waals surface area contributed by atoms with Gasteiger partial charge in [-0.3, -0.25) is 0 Å². The van der Waals surface area contributed by atoms with E-state index in [2.05, 4.69) is 28.9 Å². The number of rotatable bonds is 2. The summed E-state index contributed by atoms with van der Waals surface area (Å²) in [4.78, 5) is 0. The quantitative estimate of drug-likeness (QED) is 0.744. The number of halogens is 2. The molecule has 0 unspecified atom stereocenters. The third-order valence-corrected chi connectivity index (χ3v) is 3.32. The van der Waals surface area contributed by atoms with Crippen molar-refractivity contribution >= 4 is 27.5 Å². The second-order valence-corrected chi connectivity index (χ2v) is 5.25. The predicted molar refractivity (Wildman–Crippen MR) is 62.2 cm³/mol. The van der Waals surface area contributed by atoms with Crippen LogP contribution in [-0.4, -0.2) is 11.5 Å². The zero-order valence-electron chi connectivity index (χ0n) is 7.97. The number of aryl methyl sites for hydroxylation is 1. The summed E-state index contributed by atoms with van der Waals surface area (Å²) in [6, 6.07) is 6.06. The van der Waals surface area contributed by atoms with Gasteiger partial charge in [0.2, 0.25) is 0 Å². The molecule has 0 N–H and O–H groups in total. The van der Waals surface area contributed by atoms with Crippen molar-refractivity contribution in [2.45, 2.75) is 31.2 Å². The normalized spacial score (nSPS) is 25.6. The maximum Gasteiger partial charge on any atom is 0.122 e. The molecular formula is C11H12BrClO. The van der Waals surface area contributed by atoms with Crippen molar-refractivity contribution in [2.75, 3.05) is 0 Å². The molecule has 1 nitrogen and oxygen atoms in total. The highest BCUT2D eigenvalue weighted by molar-refractivity contribution is 9.10. The van der Waals surface area contributed by atoms with Crippen molar-refractivity contribution < 1.29 is 4.74 Å². The molecule has 0 radical (unpaired) electrons. The summed E-state index contributed by atoms with van der Waals surface area (Å²) in [5.41, 5.74) is 1.16. The van der Waals surface area contributed by atoms with Crippen LogP contribution in [0.3, 0.4) is 0 Å². The summed E-state index contributed by atoms with van der Waals surface area (Å²) in [7, 11) is 0. The fourth-order valence-electron chi connectivity index (χ4n) is 1.52. The third kappa shape index (κ3) is 2.23. The van der Waals surface area contributed by atoms with E-state index in [1.807, 2.05) is 12.1 Å². The van der Waals surface area contributed by atoms with E-state index in [-0.39, 0.29) is 0 Å². The van der Waals surface area contributed by atoms with Crippen LogP contribution >= 0.6 is 27.5 Å². The first-order valence-electron chi connectivity index (χ1n) is 4.72. The predicted octanol–water partition coefficient (Wildman–Crippen LogP) is 3.91. The Labute approximate surface area is 97.5 Å². The van der Waals surface area contributed by atoms with Crippen LogP contribution in [0, 0.1) is 6.92 Å². The molecule has 0 heterocycles. The van der Waals surface area contributed by atoms with Crippen molar-refractivity contribution in [1.82, 2.24) is 0 Å². The Morgan fingerprint density at radius 2 is 2.14 bits per heavy atom. The topological polar surface area (TPSA) is 9.23 Å². The summed E-state index contributed by atoms with van der Waals surface area (Å²) >= 11 is 9.31. The Bertz CT molecular complexity index is 334. The van der Waals surface area contributed by atoms with Crippen LogP contribution in [0.2, 0.25) is 0 Å². The molecule has 0 aromatic heterocycles. The van der Waals surface area contributed by atoms with Gasteiger partial charge in [-0.25, -0.2) is 0 Å². The van der Waals surface area contributed by atoms with Gasteiger partial charge in [-0.15, -0.1) is 11.6 Å². The second kappa shape index (κ2) is 4.11. The Morgan fingerprint density at radius 1 is 1.43 bits per heavy atom. The maximum atomic E-state index is 5.89. The SMILES string of the molecule is Cc1cc(Br)ccc1OC1CC(Cl)C1. The van der Waals surface area contributed by atoms with E-state index in [4.69, 9.17) is 16.3 Å². The van der Waals surface area contributed by atoms with Crippen LogP contribution in [0.4, 0.5) is 0 Å². The van der Waals surface area contributed by atoms with Crippen molar-refractivity contribution in [2.24, 2.45) is 0 Å². The largest absolute Gasteiger partial charge is 0.490 e. The first-order chi connectivity index (χ1) is 6.65. The van der Waals surface area contributed by atoms with Crippen LogP contribution in [0.15, 0.2) is 22.7 Å². The van der Waals surface area contributed by atoms with Gasteiger partial charge < -0.3 is 4.74 Å². The van der Waals surface area contributed by atoms with Crippen molar-refractivity contribution in [3.8, 4) is 5.75 Å². The minimum Gasteiger partial charge on any atom is -0.490 e. The van der Waals surface area contributed by atoms with E-state index in [1.54, 1.807) is 0 Å². The molecular weight excluding hydrogens is 263 g/mol. The number of alkyl halides is 1. The van der Waals surface area contributed by atoms with E-state index >= 15 is 0 Å². The summed E-state index contributed by atoms with van der Waals surface area (Å²) in [5.74, 6) is 0.974. The zero-order valence-corrected chi connectivity index (χ0v) is 10.3. The molecule has 1 aromatic carbocycles. The highest BCUT2D eigenvalue weighted by atomic mass is 79.9. The molecule has 1 fully saturated rings. The van der Waals surface area contributed by atoms with Crippen molar-refractivity contribution in [1.29, 1.82) is 0 Å². The summed E-state index contributed by atoms with van der Waals surface area (Å²) < 4.78 is 6.89. The highest BCUT2D eigenvalue weighted by Gasteiger charge is 2.29. The molecule has 76 valence electrons. The maximum absolute atomic E-state index is 5.89. The first kappa shape index (κ1) is 10.3. The molecule has 1 aliphatic rings. The van der Waals surface area contributed by atoms with Crippen LogP contribution in [-0.2, 0) is 0 Å². The molecule has 2 rings (SSSR count). The lowest BCUT2D eigenvalue weighted by Crippen LogP contribution is -2.34. The molecule has 0 amide bonds. The monoisotopic (exact) mass is 274 g/mol. The lowest BCUT2D eigenvalue weighted by molar-refractivity contribution is 0.123. The zero-order chi connectivity index (χ0) is 10.1. The van der Waals surface area contributed by atoms with Gasteiger partial charge in [0.1, 0.15) is 11.9 Å². The van der Waals surface area contributed by atoms with Gasteiger partial charge in [0.25, 0.3) is 0 Å². The standard InChI is InChI=1S/C11H12BrClO/c1-7-4-8(12)2-3-11(7)14-10-5-9(13)6-10/h2-4,9-10H,5-6H2,1H3. The van der Waals surface area contributed by atoms with Crippen LogP contribution < -0.4 is 4.74 Å². The molecule has 14 heavy (non-hydrogen) atoms. The Balaban J connectivity index is 2.02. The number of ether oxygens (including phenoxy) is 1. The third-order valence-electron chi connectivity index (χ3n) is 2.47. The van der Waals surface area contributed by atoms with E-state index in [9.17, 15) is 0 Å². The number of benzene rings is 1.